The van der Waals surface area contributed by atoms with E-state index in [2.05, 4.69) is 60.8 Å². The van der Waals surface area contributed by atoms with Gasteiger partial charge in [-0.25, -0.2) is 4.98 Å². The first-order valence-corrected chi connectivity index (χ1v) is 8.78. The quantitative estimate of drug-likeness (QED) is 0.841. The molecule has 0 saturated heterocycles. The molecule has 0 fully saturated rings. The van der Waals surface area contributed by atoms with Crippen molar-refractivity contribution in [3.8, 4) is 0 Å². The lowest BCUT2D eigenvalue weighted by molar-refractivity contribution is 0.420. The molecule has 2 rings (SSSR count). The molecule has 2 aromatic rings. The Morgan fingerprint density at radius 1 is 1.24 bits per heavy atom. The van der Waals surface area contributed by atoms with Crippen molar-refractivity contribution < 1.29 is 0 Å². The molecular weight excluding hydrogens is 280 g/mol. The van der Waals surface area contributed by atoms with Crippen LogP contribution in [0.15, 0.2) is 11.6 Å². The van der Waals surface area contributed by atoms with E-state index in [1.807, 2.05) is 0 Å². The minimum atomic E-state index is 0.109. The third-order valence-corrected chi connectivity index (χ3v) is 4.17. The zero-order valence-corrected chi connectivity index (χ0v) is 14.8. The highest BCUT2D eigenvalue weighted by Gasteiger charge is 2.19. The first-order chi connectivity index (χ1) is 9.96. The summed E-state index contributed by atoms with van der Waals surface area (Å²) in [5, 5.41) is 5.71. The van der Waals surface area contributed by atoms with Gasteiger partial charge in [0, 0.05) is 36.8 Å². The van der Waals surface area contributed by atoms with E-state index in [9.17, 15) is 0 Å². The van der Waals surface area contributed by atoms with Gasteiger partial charge in [0.15, 0.2) is 10.8 Å². The summed E-state index contributed by atoms with van der Waals surface area (Å²) in [5.74, 6) is 1.15. The zero-order valence-electron chi connectivity index (χ0n) is 13.9. The summed E-state index contributed by atoms with van der Waals surface area (Å²) in [6.45, 7) is 14.1. The maximum Gasteiger partial charge on any atom is 0.195 e. The molecule has 0 aliphatic heterocycles. The molecule has 0 unspecified atom stereocenters. The number of rotatable bonds is 7. The number of nitrogens with one attached hydrogen (secondary N) is 1. The number of nitrogens with zero attached hydrogens (tertiary/aromatic N) is 3. The minimum absolute atomic E-state index is 0.109. The monoisotopic (exact) mass is 308 g/mol. The molecule has 0 spiro atoms. The van der Waals surface area contributed by atoms with Crippen molar-refractivity contribution in [2.24, 2.45) is 0 Å². The van der Waals surface area contributed by atoms with E-state index in [1.165, 1.54) is 5.69 Å². The molecule has 2 heterocycles. The lowest BCUT2D eigenvalue weighted by atomic mass is 10.1. The van der Waals surface area contributed by atoms with Gasteiger partial charge in [-0.1, -0.05) is 13.8 Å². The van der Waals surface area contributed by atoms with Crippen LogP contribution in [0, 0.1) is 0 Å². The van der Waals surface area contributed by atoms with Crippen molar-refractivity contribution in [2.45, 2.75) is 59.5 Å². The summed E-state index contributed by atoms with van der Waals surface area (Å²) in [5.41, 5.74) is 1.39. The van der Waals surface area contributed by atoms with Gasteiger partial charge >= 0.3 is 0 Å². The lowest BCUT2D eigenvalue weighted by Gasteiger charge is -2.25. The van der Waals surface area contributed by atoms with Crippen LogP contribution in [0.2, 0.25) is 0 Å². The van der Waals surface area contributed by atoms with Gasteiger partial charge in [0.2, 0.25) is 0 Å². The topological polar surface area (TPSA) is 32.6 Å². The predicted molar refractivity (Wildman–Crippen MR) is 92.5 cm³/mol. The largest absolute Gasteiger partial charge is 0.355 e. The summed E-state index contributed by atoms with van der Waals surface area (Å²) < 4.78 is 2.23. The number of aromatic nitrogens is 2. The molecule has 5 heteroatoms. The summed E-state index contributed by atoms with van der Waals surface area (Å²) >= 11 is 1.71. The summed E-state index contributed by atoms with van der Waals surface area (Å²) in [7, 11) is 0. The number of fused-ring (bicyclic) bond motifs is 1. The number of hydrogen-bond acceptors (Lipinski definition) is 4. The normalized spacial score (nSPS) is 12.2. The van der Waals surface area contributed by atoms with Gasteiger partial charge in [0.25, 0.3) is 0 Å². The third-order valence-electron chi connectivity index (χ3n) is 3.41. The predicted octanol–water partition coefficient (Wildman–Crippen LogP) is 3.91. The second-order valence-corrected chi connectivity index (χ2v) is 7.40. The standard InChI is InChI=1S/C16H28N4S/c1-6-8-19(9-7-2)14-13(12-17-16(3,4)5)20-10-11-21-15(20)18-14/h10-11,17H,6-9,12H2,1-5H3. The molecular formula is C16H28N4S. The number of hydrogen-bond donors (Lipinski definition) is 1. The first-order valence-electron chi connectivity index (χ1n) is 7.90. The van der Waals surface area contributed by atoms with Crippen molar-refractivity contribution in [1.29, 1.82) is 0 Å². The van der Waals surface area contributed by atoms with Gasteiger partial charge in [0.05, 0.1) is 5.69 Å². The van der Waals surface area contributed by atoms with Crippen LogP contribution in [0.4, 0.5) is 5.82 Å². The fourth-order valence-electron chi connectivity index (χ4n) is 2.45. The van der Waals surface area contributed by atoms with E-state index >= 15 is 0 Å². The van der Waals surface area contributed by atoms with Crippen LogP contribution in [0.25, 0.3) is 4.96 Å². The average Bonchev–Trinajstić information content (AvgIpc) is 2.95. The summed E-state index contributed by atoms with van der Waals surface area (Å²) in [6, 6.07) is 0. The average molecular weight is 308 g/mol. The molecule has 0 aromatic carbocycles. The summed E-state index contributed by atoms with van der Waals surface area (Å²) in [6.07, 6.45) is 4.43. The summed E-state index contributed by atoms with van der Waals surface area (Å²) in [4.78, 5) is 8.40. The highest BCUT2D eigenvalue weighted by atomic mass is 32.1. The highest BCUT2D eigenvalue weighted by molar-refractivity contribution is 7.15. The molecule has 0 aliphatic carbocycles. The molecule has 0 saturated carbocycles. The van der Waals surface area contributed by atoms with Gasteiger partial charge in [-0.2, -0.15) is 0 Å². The SMILES string of the molecule is CCCN(CCC)c1nc2sccn2c1CNC(C)(C)C. The third kappa shape index (κ3) is 3.98. The fraction of sp³-hybridized carbons (Fsp3) is 0.688. The molecule has 4 nitrogen and oxygen atoms in total. The Kier molecular flexibility index (Phi) is 5.27. The van der Waals surface area contributed by atoms with E-state index in [4.69, 9.17) is 4.98 Å². The van der Waals surface area contributed by atoms with E-state index < -0.39 is 0 Å². The van der Waals surface area contributed by atoms with Crippen molar-refractivity contribution in [3.05, 3.63) is 17.3 Å². The van der Waals surface area contributed by atoms with Gasteiger partial charge in [0.1, 0.15) is 0 Å². The highest BCUT2D eigenvalue weighted by Crippen LogP contribution is 2.25. The van der Waals surface area contributed by atoms with E-state index in [0.29, 0.717) is 0 Å². The molecule has 0 bridgehead atoms. The van der Waals surface area contributed by atoms with Crippen LogP contribution >= 0.6 is 11.3 Å². The second kappa shape index (κ2) is 6.79. The molecule has 0 aliphatic rings. The number of anilines is 1. The molecule has 118 valence electrons. The van der Waals surface area contributed by atoms with Crippen molar-refractivity contribution in [2.75, 3.05) is 18.0 Å². The fourth-order valence-corrected chi connectivity index (χ4v) is 3.18. The van der Waals surface area contributed by atoms with Crippen LogP contribution in [-0.4, -0.2) is 28.0 Å². The van der Waals surface area contributed by atoms with Crippen LogP contribution in [0.5, 0.6) is 0 Å². The molecule has 0 atom stereocenters. The Hall–Kier alpha value is -1.07. The molecule has 2 aromatic heterocycles. The number of imidazole rings is 1. The van der Waals surface area contributed by atoms with E-state index in [1.54, 1.807) is 11.3 Å². The molecule has 0 radical (unpaired) electrons. The smallest absolute Gasteiger partial charge is 0.195 e. The van der Waals surface area contributed by atoms with E-state index in [-0.39, 0.29) is 5.54 Å². The Labute approximate surface area is 132 Å². The van der Waals surface area contributed by atoms with Crippen molar-refractivity contribution in [3.63, 3.8) is 0 Å². The van der Waals surface area contributed by atoms with Crippen molar-refractivity contribution in [1.82, 2.24) is 14.7 Å². The van der Waals surface area contributed by atoms with Crippen LogP contribution in [0.1, 0.15) is 53.2 Å². The van der Waals surface area contributed by atoms with Gasteiger partial charge in [-0.3, -0.25) is 4.40 Å². The maximum absolute atomic E-state index is 4.88. The maximum atomic E-state index is 4.88. The van der Waals surface area contributed by atoms with Gasteiger partial charge < -0.3 is 10.2 Å². The lowest BCUT2D eigenvalue weighted by Crippen LogP contribution is -2.36. The van der Waals surface area contributed by atoms with E-state index in [0.717, 1.165) is 43.3 Å². The Bertz CT molecular complexity index is 558. The van der Waals surface area contributed by atoms with Crippen LogP contribution < -0.4 is 10.2 Å². The number of thiazole rings is 1. The molecule has 0 amide bonds. The van der Waals surface area contributed by atoms with Gasteiger partial charge in [-0.15, -0.1) is 11.3 Å². The minimum Gasteiger partial charge on any atom is -0.355 e. The Morgan fingerprint density at radius 2 is 1.90 bits per heavy atom. The van der Waals surface area contributed by atoms with Crippen LogP contribution in [-0.2, 0) is 6.54 Å². The molecule has 1 N–H and O–H groups in total. The Morgan fingerprint density at radius 3 is 2.48 bits per heavy atom. The van der Waals surface area contributed by atoms with Gasteiger partial charge in [-0.05, 0) is 33.6 Å². The first kappa shape index (κ1) is 16.3. The molecule has 21 heavy (non-hydrogen) atoms. The second-order valence-electron chi connectivity index (χ2n) is 6.53. The zero-order chi connectivity index (χ0) is 15.5. The van der Waals surface area contributed by atoms with Crippen molar-refractivity contribution >= 4 is 22.1 Å². The van der Waals surface area contributed by atoms with Crippen LogP contribution in [0.3, 0.4) is 0 Å². The Balaban J connectivity index is 2.34.